The zero-order chi connectivity index (χ0) is 46.4. The van der Waals surface area contributed by atoms with Crippen LogP contribution in [0.25, 0.3) is 77.2 Å². The van der Waals surface area contributed by atoms with E-state index in [1.54, 1.807) is 0 Å². The minimum atomic E-state index is -0.521. The highest BCUT2D eigenvalue weighted by Crippen LogP contribution is 2.59. The van der Waals surface area contributed by atoms with Crippen molar-refractivity contribution in [2.45, 2.75) is 5.41 Å². The summed E-state index contributed by atoms with van der Waals surface area (Å²) in [5, 5.41) is 5.02. The molecule has 0 aromatic heterocycles. The molecular weight excluding hydrogens is 843 g/mol. The summed E-state index contributed by atoms with van der Waals surface area (Å²) in [4.78, 5) is 2.47. The van der Waals surface area contributed by atoms with Crippen molar-refractivity contribution in [3.63, 3.8) is 0 Å². The van der Waals surface area contributed by atoms with Gasteiger partial charge in [0.1, 0.15) is 0 Å². The number of rotatable bonds is 9. The van der Waals surface area contributed by atoms with E-state index < -0.39 is 5.41 Å². The van der Waals surface area contributed by atoms with Crippen LogP contribution in [0.1, 0.15) is 22.3 Å². The zero-order valence-electron chi connectivity index (χ0n) is 38.6. The number of nitrogens with zero attached hydrogens (tertiary/aromatic N) is 1. The molecule has 1 aliphatic rings. The van der Waals surface area contributed by atoms with Crippen LogP contribution in [0.3, 0.4) is 0 Å². The lowest BCUT2D eigenvalue weighted by molar-refractivity contribution is 0.768. The van der Waals surface area contributed by atoms with Crippen LogP contribution < -0.4 is 4.90 Å². The van der Waals surface area contributed by atoms with Crippen molar-refractivity contribution >= 4 is 38.6 Å². The zero-order valence-corrected chi connectivity index (χ0v) is 38.6. The summed E-state index contributed by atoms with van der Waals surface area (Å²) < 4.78 is 0. The normalized spacial score (nSPS) is 12.4. The second kappa shape index (κ2) is 17.2. The van der Waals surface area contributed by atoms with Gasteiger partial charge in [-0.25, -0.2) is 0 Å². The maximum Gasteiger partial charge on any atom is 0.0714 e. The minimum absolute atomic E-state index is 0.521. The smallest absolute Gasteiger partial charge is 0.0714 e. The predicted molar refractivity (Wildman–Crippen MR) is 295 cm³/mol. The number of hydrogen-bond donors (Lipinski definition) is 0. The van der Waals surface area contributed by atoms with Crippen LogP contribution in [0, 0.1) is 0 Å². The molecule has 13 rings (SSSR count). The molecule has 328 valence electrons. The Labute approximate surface area is 409 Å². The molecule has 70 heavy (non-hydrogen) atoms. The number of benzene rings is 12. The molecule has 0 bridgehead atoms. The molecule has 0 saturated carbocycles. The highest BCUT2D eigenvalue weighted by atomic mass is 15.1. The molecule has 0 radical (unpaired) electrons. The fourth-order valence-electron chi connectivity index (χ4n) is 11.3. The molecule has 0 N–H and O–H groups in total. The van der Waals surface area contributed by atoms with Crippen molar-refractivity contribution < 1.29 is 0 Å². The van der Waals surface area contributed by atoms with Crippen molar-refractivity contribution in [3.8, 4) is 55.6 Å². The van der Waals surface area contributed by atoms with E-state index in [4.69, 9.17) is 0 Å². The third kappa shape index (κ3) is 6.94. The van der Waals surface area contributed by atoms with E-state index in [0.717, 1.165) is 22.6 Å². The van der Waals surface area contributed by atoms with Gasteiger partial charge in [-0.1, -0.05) is 249 Å². The second-order valence-corrected chi connectivity index (χ2v) is 18.4. The Kier molecular flexibility index (Phi) is 10.1. The largest absolute Gasteiger partial charge is 0.310 e. The Hall–Kier alpha value is -9.04. The Morgan fingerprint density at radius 1 is 0.257 bits per heavy atom. The van der Waals surface area contributed by atoms with Crippen LogP contribution in [0.15, 0.2) is 285 Å². The van der Waals surface area contributed by atoms with Crippen molar-refractivity contribution in [1.82, 2.24) is 0 Å². The van der Waals surface area contributed by atoms with Crippen molar-refractivity contribution in [3.05, 3.63) is 307 Å². The van der Waals surface area contributed by atoms with Crippen LogP contribution in [0.2, 0.25) is 0 Å². The van der Waals surface area contributed by atoms with E-state index in [1.165, 1.54) is 93.9 Å². The molecular formula is C69H47N. The number of anilines is 3. The number of fused-ring (bicyclic) bond motifs is 5. The summed E-state index contributed by atoms with van der Waals surface area (Å²) >= 11 is 0. The first-order chi connectivity index (χ1) is 34.7. The van der Waals surface area contributed by atoms with Gasteiger partial charge in [0.15, 0.2) is 0 Å². The lowest BCUT2D eigenvalue weighted by Gasteiger charge is -2.34. The van der Waals surface area contributed by atoms with Crippen LogP contribution in [0.5, 0.6) is 0 Å². The molecule has 0 saturated heterocycles. The van der Waals surface area contributed by atoms with Gasteiger partial charge in [-0.15, -0.1) is 0 Å². The van der Waals surface area contributed by atoms with Gasteiger partial charge >= 0.3 is 0 Å². The minimum Gasteiger partial charge on any atom is -0.310 e. The SMILES string of the molecule is c1ccc(C2(c3ccccc3)c3ccccc3-c3c(N(c4ccc(-c5ccc(-c6ccc7ccccc7c6)cc5)cc4)c4cccc(-c5ccc(-c6cccc7ccccc67)cc5)c4)cccc32)cc1. The van der Waals surface area contributed by atoms with Crippen LogP contribution >= 0.6 is 0 Å². The van der Waals surface area contributed by atoms with Gasteiger partial charge in [0.25, 0.3) is 0 Å². The first kappa shape index (κ1) is 41.2. The van der Waals surface area contributed by atoms with Crippen molar-refractivity contribution in [1.29, 1.82) is 0 Å². The first-order valence-electron chi connectivity index (χ1n) is 24.2. The summed E-state index contributed by atoms with van der Waals surface area (Å²) in [6.45, 7) is 0. The molecule has 0 atom stereocenters. The lowest BCUT2D eigenvalue weighted by Crippen LogP contribution is -2.28. The average molecular weight is 890 g/mol. The molecule has 1 heteroatoms. The monoisotopic (exact) mass is 889 g/mol. The standard InChI is InChI=1S/C69H47N/c1-3-21-58(22-4-1)69(59-23-5-2-6-24-59)65-29-12-11-27-64(65)68-66(69)30-15-31-67(68)70(60-44-42-50(43-45-60)49-32-34-52(35-33-49)57-41-38-48-16-7-8-18-55(48)46-57)61-25-13-20-56(47-61)51-36-39-54(40-37-51)63-28-14-19-53-17-9-10-26-62(53)63/h1-47H. The van der Waals surface area contributed by atoms with E-state index in [-0.39, 0.29) is 0 Å². The highest BCUT2D eigenvalue weighted by molar-refractivity contribution is 5.99. The van der Waals surface area contributed by atoms with Crippen molar-refractivity contribution in [2.24, 2.45) is 0 Å². The Morgan fingerprint density at radius 2 is 0.743 bits per heavy atom. The Morgan fingerprint density at radius 3 is 1.46 bits per heavy atom. The maximum atomic E-state index is 2.47. The maximum absolute atomic E-state index is 2.47. The molecule has 1 nitrogen and oxygen atoms in total. The number of hydrogen-bond acceptors (Lipinski definition) is 1. The molecule has 0 fully saturated rings. The molecule has 0 unspecified atom stereocenters. The molecule has 0 amide bonds. The van der Waals surface area contributed by atoms with Crippen LogP contribution in [0.4, 0.5) is 17.1 Å². The van der Waals surface area contributed by atoms with E-state index in [0.29, 0.717) is 0 Å². The molecule has 0 heterocycles. The summed E-state index contributed by atoms with van der Waals surface area (Å²) in [7, 11) is 0. The lowest BCUT2D eigenvalue weighted by atomic mass is 9.68. The van der Waals surface area contributed by atoms with E-state index in [2.05, 4.69) is 290 Å². The summed E-state index contributed by atoms with van der Waals surface area (Å²) in [5.74, 6) is 0. The van der Waals surface area contributed by atoms with Crippen LogP contribution in [-0.4, -0.2) is 0 Å². The molecule has 12 aromatic carbocycles. The summed E-state index contributed by atoms with van der Waals surface area (Å²) in [6.07, 6.45) is 0. The molecule has 1 aliphatic carbocycles. The van der Waals surface area contributed by atoms with Gasteiger partial charge in [0, 0.05) is 16.9 Å². The van der Waals surface area contributed by atoms with Gasteiger partial charge in [0.2, 0.25) is 0 Å². The third-order valence-corrected chi connectivity index (χ3v) is 14.6. The molecule has 0 spiro atoms. The van der Waals surface area contributed by atoms with Gasteiger partial charge in [-0.2, -0.15) is 0 Å². The highest BCUT2D eigenvalue weighted by Gasteiger charge is 2.47. The van der Waals surface area contributed by atoms with E-state index in [1.807, 2.05) is 0 Å². The first-order valence-corrected chi connectivity index (χ1v) is 24.2. The van der Waals surface area contributed by atoms with E-state index in [9.17, 15) is 0 Å². The quantitative estimate of drug-likeness (QED) is 0.140. The topological polar surface area (TPSA) is 3.24 Å². The Balaban J connectivity index is 0.947. The predicted octanol–water partition coefficient (Wildman–Crippen LogP) is 18.5. The van der Waals surface area contributed by atoms with Gasteiger partial charge in [-0.3, -0.25) is 0 Å². The van der Waals surface area contributed by atoms with Gasteiger partial charge < -0.3 is 4.90 Å². The molecule has 12 aromatic rings. The second-order valence-electron chi connectivity index (χ2n) is 18.4. The summed E-state index contributed by atoms with van der Waals surface area (Å²) in [5.41, 5.74) is 19.9. The van der Waals surface area contributed by atoms with E-state index >= 15 is 0 Å². The third-order valence-electron chi connectivity index (χ3n) is 14.6. The van der Waals surface area contributed by atoms with Gasteiger partial charge in [-0.05, 0) is 130 Å². The Bertz CT molecular complexity index is 3810. The van der Waals surface area contributed by atoms with Crippen molar-refractivity contribution in [2.75, 3.05) is 4.90 Å². The van der Waals surface area contributed by atoms with Gasteiger partial charge in [0.05, 0.1) is 11.1 Å². The van der Waals surface area contributed by atoms with Crippen LogP contribution in [-0.2, 0) is 5.41 Å². The summed E-state index contributed by atoms with van der Waals surface area (Å²) in [6, 6.07) is 105. The average Bonchev–Trinajstić information content (AvgIpc) is 3.75. The fraction of sp³-hybridized carbons (Fsp3) is 0.0145. The molecule has 0 aliphatic heterocycles. The fourth-order valence-corrected chi connectivity index (χ4v) is 11.3.